The Balaban J connectivity index is 1.56. The molecule has 2 heterocycles. The zero-order valence-corrected chi connectivity index (χ0v) is 14.1. The van der Waals surface area contributed by atoms with Gasteiger partial charge in [-0.2, -0.15) is 0 Å². The Labute approximate surface area is 146 Å². The molecule has 0 aliphatic carbocycles. The molecule has 0 aliphatic heterocycles. The molecule has 0 saturated heterocycles. The zero-order chi connectivity index (χ0) is 17.5. The summed E-state index contributed by atoms with van der Waals surface area (Å²) in [6.07, 6.45) is 6.39. The van der Waals surface area contributed by atoms with Crippen LogP contribution in [-0.2, 0) is 25.9 Å². The summed E-state index contributed by atoms with van der Waals surface area (Å²) < 4.78 is 1.95. The van der Waals surface area contributed by atoms with Crippen LogP contribution in [0.4, 0.5) is 0 Å². The Morgan fingerprint density at radius 2 is 1.92 bits per heavy atom. The molecule has 128 valence electrons. The Hall–Kier alpha value is -3.09. The third kappa shape index (κ3) is 4.47. The Kier molecular flexibility index (Phi) is 5.46. The van der Waals surface area contributed by atoms with Crippen molar-refractivity contribution >= 4 is 5.91 Å². The number of hydrogen-bond donors (Lipinski definition) is 1. The second kappa shape index (κ2) is 8.14. The number of nitrogens with zero attached hydrogens (tertiary/aromatic N) is 5. The molecule has 2 aromatic heterocycles. The monoisotopic (exact) mass is 336 g/mol. The van der Waals surface area contributed by atoms with Gasteiger partial charge in [0.2, 0.25) is 0 Å². The maximum Gasteiger partial charge on any atom is 0.254 e. The van der Waals surface area contributed by atoms with Crippen LogP contribution in [-0.4, -0.2) is 30.6 Å². The predicted octanol–water partition coefficient (Wildman–Crippen LogP) is 1.80. The van der Waals surface area contributed by atoms with E-state index in [1.807, 2.05) is 29.7 Å². The minimum atomic E-state index is -0.222. The molecule has 0 aliphatic rings. The summed E-state index contributed by atoms with van der Waals surface area (Å²) >= 11 is 0. The van der Waals surface area contributed by atoms with Crippen molar-refractivity contribution in [1.29, 1.82) is 0 Å². The highest BCUT2D eigenvalue weighted by molar-refractivity contribution is 5.93. The molecule has 0 radical (unpaired) electrons. The third-order valence-electron chi connectivity index (χ3n) is 3.87. The summed E-state index contributed by atoms with van der Waals surface area (Å²) in [5.74, 6) is 1.22. The summed E-state index contributed by atoms with van der Waals surface area (Å²) in [4.78, 5) is 20.5. The van der Waals surface area contributed by atoms with Crippen molar-refractivity contribution in [2.75, 3.05) is 0 Å². The first-order chi connectivity index (χ1) is 12.3. The highest BCUT2D eigenvalue weighted by Crippen LogP contribution is 2.04. The maximum absolute atomic E-state index is 12.2. The number of carbonyl (C=O) groups is 1. The number of hydrogen-bond acceptors (Lipinski definition) is 5. The van der Waals surface area contributed by atoms with E-state index in [2.05, 4.69) is 37.6 Å². The van der Waals surface area contributed by atoms with Crippen LogP contribution in [0.15, 0.2) is 49.1 Å². The number of aromatic nitrogens is 5. The molecule has 0 atom stereocenters. The summed E-state index contributed by atoms with van der Waals surface area (Å²) in [6.45, 7) is 3.04. The minimum Gasteiger partial charge on any atom is -0.345 e. The molecule has 0 bridgehead atoms. The molecule has 7 heteroatoms. The van der Waals surface area contributed by atoms with Gasteiger partial charge in [0.1, 0.15) is 12.2 Å². The molecule has 3 aromatic rings. The molecular formula is C18H20N6O. The first-order valence-corrected chi connectivity index (χ1v) is 8.26. The van der Waals surface area contributed by atoms with Gasteiger partial charge in [0, 0.05) is 25.4 Å². The van der Waals surface area contributed by atoms with Crippen molar-refractivity contribution in [3.63, 3.8) is 0 Å². The van der Waals surface area contributed by atoms with E-state index < -0.39 is 0 Å². The smallest absolute Gasteiger partial charge is 0.254 e. The van der Waals surface area contributed by atoms with Gasteiger partial charge in [0.25, 0.3) is 5.91 Å². The summed E-state index contributed by atoms with van der Waals surface area (Å²) in [7, 11) is 0. The van der Waals surface area contributed by atoms with E-state index in [1.165, 1.54) is 5.56 Å². The fraction of sp³-hybridized carbons (Fsp3) is 0.278. The fourth-order valence-corrected chi connectivity index (χ4v) is 2.41. The van der Waals surface area contributed by atoms with E-state index in [9.17, 15) is 4.79 Å². The van der Waals surface area contributed by atoms with Crippen molar-refractivity contribution in [3.05, 3.63) is 71.8 Å². The molecule has 0 fully saturated rings. The number of carbonyl (C=O) groups excluding carboxylic acids is 1. The van der Waals surface area contributed by atoms with Crippen molar-refractivity contribution in [2.45, 2.75) is 32.9 Å². The summed E-state index contributed by atoms with van der Waals surface area (Å²) in [5.41, 5.74) is 1.69. The Bertz CT molecular complexity index is 813. The molecule has 3 rings (SSSR count). The average Bonchev–Trinajstić information content (AvgIpc) is 3.13. The van der Waals surface area contributed by atoms with Crippen LogP contribution in [0.3, 0.4) is 0 Å². The second-order valence-electron chi connectivity index (χ2n) is 5.60. The lowest BCUT2D eigenvalue weighted by Crippen LogP contribution is -2.25. The second-order valence-corrected chi connectivity index (χ2v) is 5.60. The highest BCUT2D eigenvalue weighted by atomic mass is 16.1. The number of aryl methyl sites for hydroxylation is 3. The standard InChI is InChI=1S/C18H20N6O/c1-2-16-19-10-15(11-20-16)18(25)21-12-17-23-22-13-24(17)9-8-14-6-4-3-5-7-14/h3-7,10-11,13H,2,8-9,12H2,1H3,(H,21,25). The molecule has 0 unspecified atom stereocenters. The van der Waals surface area contributed by atoms with E-state index in [0.717, 1.165) is 31.0 Å². The molecule has 1 N–H and O–H groups in total. The minimum absolute atomic E-state index is 0.222. The van der Waals surface area contributed by atoms with Gasteiger partial charge in [-0.05, 0) is 12.0 Å². The zero-order valence-electron chi connectivity index (χ0n) is 14.1. The molecule has 1 aromatic carbocycles. The van der Waals surface area contributed by atoms with Crippen molar-refractivity contribution in [3.8, 4) is 0 Å². The van der Waals surface area contributed by atoms with Crippen LogP contribution >= 0.6 is 0 Å². The predicted molar refractivity (Wildman–Crippen MR) is 92.7 cm³/mol. The van der Waals surface area contributed by atoms with Crippen LogP contribution in [0.1, 0.15) is 34.5 Å². The van der Waals surface area contributed by atoms with Crippen molar-refractivity contribution in [1.82, 2.24) is 30.0 Å². The molecule has 0 spiro atoms. The van der Waals surface area contributed by atoms with Gasteiger partial charge in [-0.3, -0.25) is 4.79 Å². The SMILES string of the molecule is CCc1ncc(C(=O)NCc2nncn2CCc2ccccc2)cn1. The number of rotatable bonds is 7. The fourth-order valence-electron chi connectivity index (χ4n) is 2.41. The van der Waals surface area contributed by atoms with Crippen LogP contribution < -0.4 is 5.32 Å². The Morgan fingerprint density at radius 1 is 1.16 bits per heavy atom. The van der Waals surface area contributed by atoms with E-state index >= 15 is 0 Å². The summed E-state index contributed by atoms with van der Waals surface area (Å²) in [6, 6.07) is 10.2. The van der Waals surface area contributed by atoms with Crippen molar-refractivity contribution < 1.29 is 4.79 Å². The lowest BCUT2D eigenvalue weighted by molar-refractivity contribution is 0.0948. The van der Waals surface area contributed by atoms with Crippen molar-refractivity contribution in [2.24, 2.45) is 0 Å². The van der Waals surface area contributed by atoms with E-state index in [1.54, 1.807) is 18.7 Å². The number of benzene rings is 1. The first kappa shape index (κ1) is 16.8. The largest absolute Gasteiger partial charge is 0.345 e. The maximum atomic E-state index is 12.2. The molecule has 25 heavy (non-hydrogen) atoms. The van der Waals surface area contributed by atoms with Gasteiger partial charge in [-0.1, -0.05) is 37.3 Å². The van der Waals surface area contributed by atoms with E-state index in [0.29, 0.717) is 12.1 Å². The van der Waals surface area contributed by atoms with Crippen LogP contribution in [0.5, 0.6) is 0 Å². The van der Waals surface area contributed by atoms with E-state index in [4.69, 9.17) is 0 Å². The normalized spacial score (nSPS) is 10.6. The van der Waals surface area contributed by atoms with Gasteiger partial charge >= 0.3 is 0 Å². The van der Waals surface area contributed by atoms with Gasteiger partial charge in [0.05, 0.1) is 12.1 Å². The van der Waals surface area contributed by atoms with Gasteiger partial charge in [-0.15, -0.1) is 10.2 Å². The number of amides is 1. The molecule has 1 amide bonds. The summed E-state index contributed by atoms with van der Waals surface area (Å²) in [5, 5.41) is 10.9. The van der Waals surface area contributed by atoms with Gasteiger partial charge < -0.3 is 9.88 Å². The average molecular weight is 336 g/mol. The quantitative estimate of drug-likeness (QED) is 0.711. The highest BCUT2D eigenvalue weighted by Gasteiger charge is 2.10. The Morgan fingerprint density at radius 3 is 2.64 bits per heavy atom. The van der Waals surface area contributed by atoms with Crippen LogP contribution in [0, 0.1) is 0 Å². The van der Waals surface area contributed by atoms with Crippen LogP contribution in [0.25, 0.3) is 0 Å². The van der Waals surface area contributed by atoms with Gasteiger partial charge in [-0.25, -0.2) is 9.97 Å². The lowest BCUT2D eigenvalue weighted by Gasteiger charge is -2.08. The molecular weight excluding hydrogens is 316 g/mol. The van der Waals surface area contributed by atoms with E-state index in [-0.39, 0.29) is 5.91 Å². The lowest BCUT2D eigenvalue weighted by atomic mass is 10.1. The first-order valence-electron chi connectivity index (χ1n) is 8.26. The van der Waals surface area contributed by atoms with Crippen LogP contribution in [0.2, 0.25) is 0 Å². The molecule has 7 nitrogen and oxygen atoms in total. The number of nitrogens with one attached hydrogen (secondary N) is 1. The molecule has 0 saturated carbocycles. The topological polar surface area (TPSA) is 85.6 Å². The third-order valence-corrected chi connectivity index (χ3v) is 3.87. The van der Waals surface area contributed by atoms with Gasteiger partial charge in [0.15, 0.2) is 5.82 Å².